The van der Waals surface area contributed by atoms with Crippen molar-refractivity contribution in [1.82, 2.24) is 20.6 Å². The number of nitrogens with one attached hydrogen (secondary N) is 2. The molecule has 2 aromatic rings. The molecule has 8 heteroatoms. The number of alkyl carbamates (subject to hydrolysis) is 1. The third-order valence-electron chi connectivity index (χ3n) is 5.31. The molecule has 138 valence electrons. The van der Waals surface area contributed by atoms with Crippen molar-refractivity contribution < 1.29 is 9.53 Å². The van der Waals surface area contributed by atoms with Crippen LogP contribution in [0.15, 0.2) is 33.7 Å². The van der Waals surface area contributed by atoms with Crippen LogP contribution in [0.1, 0.15) is 30.3 Å². The van der Waals surface area contributed by atoms with E-state index in [4.69, 9.17) is 4.74 Å². The highest BCUT2D eigenvalue weighted by molar-refractivity contribution is 9.10. The van der Waals surface area contributed by atoms with E-state index in [9.17, 15) is 4.79 Å². The highest BCUT2D eigenvalue weighted by Gasteiger charge is 2.44. The Hall–Kier alpha value is -1.51. The van der Waals surface area contributed by atoms with Gasteiger partial charge in [-0.1, -0.05) is 0 Å². The highest BCUT2D eigenvalue weighted by Crippen LogP contribution is 2.46. The van der Waals surface area contributed by atoms with Gasteiger partial charge < -0.3 is 15.4 Å². The van der Waals surface area contributed by atoms with E-state index in [0.29, 0.717) is 30.3 Å². The van der Waals surface area contributed by atoms with E-state index in [0.717, 1.165) is 35.2 Å². The van der Waals surface area contributed by atoms with Crippen LogP contribution in [0.2, 0.25) is 0 Å². The fourth-order valence-electron chi connectivity index (χ4n) is 4.14. The van der Waals surface area contributed by atoms with Gasteiger partial charge in [0.1, 0.15) is 6.61 Å². The Bertz CT molecular complexity index is 740. The molecule has 0 aromatic carbocycles. The lowest BCUT2D eigenvalue weighted by atomic mass is 9.92. The van der Waals surface area contributed by atoms with Gasteiger partial charge in [0.25, 0.3) is 0 Å². The molecule has 1 aliphatic carbocycles. The largest absolute Gasteiger partial charge is 0.443 e. The van der Waals surface area contributed by atoms with Crippen molar-refractivity contribution in [3.63, 3.8) is 0 Å². The van der Waals surface area contributed by atoms with E-state index in [1.165, 1.54) is 11.3 Å². The number of pyridine rings is 1. The number of ether oxygens (including phenoxy) is 1. The van der Waals surface area contributed by atoms with Gasteiger partial charge in [-0.15, -0.1) is 11.3 Å². The minimum absolute atomic E-state index is 0.229. The first-order chi connectivity index (χ1) is 12.7. The average Bonchev–Trinajstić information content (AvgIpc) is 3.36. The Morgan fingerprint density at radius 3 is 3.08 bits per heavy atom. The normalized spacial score (nSPS) is 27.3. The number of aromatic nitrogens is 2. The molecule has 2 N–H and O–H groups in total. The molecule has 1 saturated carbocycles. The number of hydrogen-bond donors (Lipinski definition) is 2. The number of nitrogens with zero attached hydrogens (tertiary/aromatic N) is 2. The molecule has 1 aliphatic heterocycles. The molecule has 4 rings (SSSR count). The van der Waals surface area contributed by atoms with Gasteiger partial charge in [-0.05, 0) is 65.2 Å². The Morgan fingerprint density at radius 1 is 1.38 bits per heavy atom. The topological polar surface area (TPSA) is 76.1 Å². The van der Waals surface area contributed by atoms with Gasteiger partial charge in [0.05, 0.1) is 22.9 Å². The molecule has 0 unspecified atom stereocenters. The number of carbonyl (C=O) groups is 1. The van der Waals surface area contributed by atoms with E-state index in [-0.39, 0.29) is 12.7 Å². The first-order valence-electron chi connectivity index (χ1n) is 8.81. The summed E-state index contributed by atoms with van der Waals surface area (Å²) in [7, 11) is 0. The predicted molar refractivity (Wildman–Crippen MR) is 103 cm³/mol. The highest BCUT2D eigenvalue weighted by atomic mass is 79.9. The summed E-state index contributed by atoms with van der Waals surface area (Å²) < 4.78 is 6.21. The molecular weight excluding hydrogens is 416 g/mol. The molecule has 1 amide bonds. The second-order valence-electron chi connectivity index (χ2n) is 6.99. The van der Waals surface area contributed by atoms with Gasteiger partial charge in [0.15, 0.2) is 0 Å². The zero-order valence-corrected chi connectivity index (χ0v) is 16.6. The van der Waals surface area contributed by atoms with Crippen LogP contribution in [-0.4, -0.2) is 29.2 Å². The van der Waals surface area contributed by atoms with Crippen molar-refractivity contribution in [2.45, 2.75) is 25.5 Å². The maximum absolute atomic E-state index is 11.9. The van der Waals surface area contributed by atoms with Crippen molar-refractivity contribution in [2.75, 3.05) is 13.1 Å². The van der Waals surface area contributed by atoms with Crippen LogP contribution in [0.4, 0.5) is 4.79 Å². The van der Waals surface area contributed by atoms with Gasteiger partial charge in [0.2, 0.25) is 0 Å². The van der Waals surface area contributed by atoms with Crippen LogP contribution in [0.3, 0.4) is 0 Å². The number of thiazole rings is 1. The summed E-state index contributed by atoms with van der Waals surface area (Å²) in [5.41, 5.74) is 3.63. The standard InChI is InChI=1S/C18H21BrN4O2S/c19-13-1-2-16(20-7-13)17-15-4-11(3-12(15)6-21-17)5-22-18(24)25-8-14-9-26-10-23-14/h1-2,7,9-12,15,17,21H,3-6,8H2,(H,22,24)/t11-,12+,15-,17-/m0/s1. The monoisotopic (exact) mass is 436 g/mol. The van der Waals surface area contributed by atoms with E-state index >= 15 is 0 Å². The van der Waals surface area contributed by atoms with Gasteiger partial charge in [-0.25, -0.2) is 9.78 Å². The number of rotatable bonds is 5. The molecule has 2 aliphatic rings. The Morgan fingerprint density at radius 2 is 2.31 bits per heavy atom. The number of amides is 1. The Labute approximate surface area is 164 Å². The lowest BCUT2D eigenvalue weighted by molar-refractivity contribution is 0.136. The lowest BCUT2D eigenvalue weighted by Crippen LogP contribution is -2.30. The molecular formula is C18H21BrN4O2S. The quantitative estimate of drug-likeness (QED) is 0.749. The molecule has 0 radical (unpaired) electrons. The second-order valence-corrected chi connectivity index (χ2v) is 8.62. The van der Waals surface area contributed by atoms with Gasteiger partial charge in [-0.2, -0.15) is 0 Å². The maximum atomic E-state index is 11.9. The third-order valence-corrected chi connectivity index (χ3v) is 6.42. The molecule has 6 nitrogen and oxygen atoms in total. The third kappa shape index (κ3) is 4.07. The van der Waals surface area contributed by atoms with E-state index in [1.54, 1.807) is 5.51 Å². The van der Waals surface area contributed by atoms with Crippen molar-refractivity contribution in [3.05, 3.63) is 45.1 Å². The Balaban J connectivity index is 1.25. The lowest BCUT2D eigenvalue weighted by Gasteiger charge is -2.19. The summed E-state index contributed by atoms with van der Waals surface area (Å²) in [5, 5.41) is 8.41. The number of halogens is 1. The summed E-state index contributed by atoms with van der Waals surface area (Å²) in [6.07, 6.45) is 3.74. The van der Waals surface area contributed by atoms with Crippen molar-refractivity contribution >= 4 is 33.4 Å². The molecule has 2 fully saturated rings. The minimum atomic E-state index is -0.362. The molecule has 0 bridgehead atoms. The molecule has 4 atom stereocenters. The van der Waals surface area contributed by atoms with Gasteiger partial charge in [-0.3, -0.25) is 4.98 Å². The van der Waals surface area contributed by atoms with Gasteiger partial charge in [0, 0.05) is 22.6 Å². The summed E-state index contributed by atoms with van der Waals surface area (Å²) in [6, 6.07) is 4.45. The maximum Gasteiger partial charge on any atom is 0.407 e. The molecule has 26 heavy (non-hydrogen) atoms. The van der Waals surface area contributed by atoms with E-state index in [2.05, 4.69) is 42.6 Å². The van der Waals surface area contributed by atoms with Crippen LogP contribution in [0, 0.1) is 17.8 Å². The first kappa shape index (κ1) is 17.9. The van der Waals surface area contributed by atoms with Crippen molar-refractivity contribution in [2.24, 2.45) is 17.8 Å². The fourth-order valence-corrected chi connectivity index (χ4v) is 4.92. The Kier molecular flexibility index (Phi) is 5.52. The SMILES string of the molecule is O=C(NC[C@H]1C[C@@H]2CN[C@H](c3ccc(Br)cn3)[C@H]2C1)OCc1cscn1. The number of hydrogen-bond acceptors (Lipinski definition) is 6. The zero-order chi connectivity index (χ0) is 17.9. The van der Waals surface area contributed by atoms with E-state index in [1.807, 2.05) is 17.6 Å². The second kappa shape index (κ2) is 8.02. The zero-order valence-electron chi connectivity index (χ0n) is 14.2. The molecule has 1 saturated heterocycles. The first-order valence-corrected chi connectivity index (χ1v) is 10.5. The molecule has 0 spiro atoms. The van der Waals surface area contributed by atoms with Crippen LogP contribution in [0.5, 0.6) is 0 Å². The summed E-state index contributed by atoms with van der Waals surface area (Å²) >= 11 is 4.94. The average molecular weight is 437 g/mol. The van der Waals surface area contributed by atoms with Crippen molar-refractivity contribution in [1.29, 1.82) is 0 Å². The summed E-state index contributed by atoms with van der Waals surface area (Å²) in [6.45, 7) is 1.92. The van der Waals surface area contributed by atoms with Crippen LogP contribution in [0.25, 0.3) is 0 Å². The molecule has 2 aromatic heterocycles. The van der Waals surface area contributed by atoms with Crippen LogP contribution < -0.4 is 10.6 Å². The minimum Gasteiger partial charge on any atom is -0.443 e. The van der Waals surface area contributed by atoms with Crippen LogP contribution in [-0.2, 0) is 11.3 Å². The summed E-state index contributed by atoms with van der Waals surface area (Å²) in [5.74, 6) is 1.74. The molecule has 3 heterocycles. The predicted octanol–water partition coefficient (Wildman–Crippen LogP) is 3.51. The number of carbonyl (C=O) groups excluding carboxylic acids is 1. The smallest absolute Gasteiger partial charge is 0.407 e. The van der Waals surface area contributed by atoms with E-state index < -0.39 is 0 Å². The van der Waals surface area contributed by atoms with Crippen LogP contribution >= 0.6 is 27.3 Å². The fraction of sp³-hybridized carbons (Fsp3) is 0.500. The summed E-state index contributed by atoms with van der Waals surface area (Å²) in [4.78, 5) is 20.5. The van der Waals surface area contributed by atoms with Gasteiger partial charge >= 0.3 is 6.09 Å². The number of fused-ring (bicyclic) bond motifs is 1. The van der Waals surface area contributed by atoms with Crippen molar-refractivity contribution in [3.8, 4) is 0 Å².